The van der Waals surface area contributed by atoms with Crippen LogP contribution in [0.5, 0.6) is 0 Å². The first-order valence-corrected chi connectivity index (χ1v) is 6.97. The van der Waals surface area contributed by atoms with Crippen molar-refractivity contribution < 1.29 is 19.1 Å². The minimum absolute atomic E-state index is 0.134. The summed E-state index contributed by atoms with van der Waals surface area (Å²) in [6.07, 6.45) is 1.56. The van der Waals surface area contributed by atoms with Crippen LogP contribution in [0.25, 0.3) is 0 Å². The Kier molecular flexibility index (Phi) is 4.16. The fourth-order valence-electron chi connectivity index (χ4n) is 2.88. The molecule has 1 fully saturated rings. The molecular weight excluding hydrogens is 275 g/mol. The number of carbonyl (C=O) groups excluding carboxylic acids is 1. The maximum atomic E-state index is 13.3. The second-order valence-electron chi connectivity index (χ2n) is 5.45. The van der Waals surface area contributed by atoms with Gasteiger partial charge in [0.15, 0.2) is 0 Å². The zero-order chi connectivity index (χ0) is 15.6. The number of nitrogens with zero attached hydrogens (tertiary/aromatic N) is 1. The molecule has 1 aromatic rings. The molecule has 0 unspecified atom stereocenters. The van der Waals surface area contributed by atoms with E-state index in [0.29, 0.717) is 38.0 Å². The number of nitrogens with two attached hydrogens (primary N) is 1. The van der Waals surface area contributed by atoms with Crippen LogP contribution in [-0.2, 0) is 4.79 Å². The van der Waals surface area contributed by atoms with E-state index in [2.05, 4.69) is 0 Å². The van der Waals surface area contributed by atoms with Gasteiger partial charge in [-0.2, -0.15) is 0 Å². The lowest BCUT2D eigenvalue weighted by Gasteiger charge is -2.39. The van der Waals surface area contributed by atoms with Gasteiger partial charge in [-0.1, -0.05) is 6.92 Å². The van der Waals surface area contributed by atoms with Crippen molar-refractivity contribution in [2.45, 2.75) is 26.2 Å². The minimum atomic E-state index is -0.779. The maximum Gasteiger partial charge on any atom is 0.309 e. The van der Waals surface area contributed by atoms with Crippen LogP contribution < -0.4 is 10.6 Å². The summed E-state index contributed by atoms with van der Waals surface area (Å²) in [6.45, 7) is 2.88. The molecule has 1 aliphatic heterocycles. The van der Waals surface area contributed by atoms with Crippen molar-refractivity contribution in [2.24, 2.45) is 11.1 Å². The molecule has 0 atom stereocenters. The van der Waals surface area contributed by atoms with Gasteiger partial charge in [0.2, 0.25) is 0 Å². The Bertz CT molecular complexity index is 566. The van der Waals surface area contributed by atoms with Gasteiger partial charge in [-0.25, -0.2) is 4.39 Å². The van der Waals surface area contributed by atoms with Gasteiger partial charge >= 0.3 is 5.97 Å². The average molecular weight is 294 g/mol. The molecule has 1 saturated heterocycles. The van der Waals surface area contributed by atoms with E-state index in [9.17, 15) is 19.1 Å². The van der Waals surface area contributed by atoms with Gasteiger partial charge in [-0.3, -0.25) is 9.59 Å². The molecule has 0 saturated carbocycles. The van der Waals surface area contributed by atoms with Crippen molar-refractivity contribution in [1.29, 1.82) is 0 Å². The largest absolute Gasteiger partial charge is 0.481 e. The molecule has 0 spiro atoms. The van der Waals surface area contributed by atoms with Crippen LogP contribution in [0.15, 0.2) is 18.2 Å². The molecule has 1 aliphatic rings. The van der Waals surface area contributed by atoms with E-state index >= 15 is 0 Å². The number of carbonyl (C=O) groups is 2. The van der Waals surface area contributed by atoms with E-state index < -0.39 is 23.1 Å². The summed E-state index contributed by atoms with van der Waals surface area (Å²) in [7, 11) is 0. The second kappa shape index (κ2) is 5.71. The Morgan fingerprint density at radius 3 is 2.48 bits per heavy atom. The lowest BCUT2D eigenvalue weighted by Crippen LogP contribution is -2.44. The fraction of sp³-hybridized carbons (Fsp3) is 0.467. The molecule has 1 amide bonds. The van der Waals surface area contributed by atoms with Crippen molar-refractivity contribution in [3.05, 3.63) is 29.6 Å². The summed E-state index contributed by atoms with van der Waals surface area (Å²) in [4.78, 5) is 24.8. The number of carboxylic acid groups (broad SMARTS) is 1. The number of anilines is 1. The number of amides is 1. The van der Waals surface area contributed by atoms with Crippen LogP contribution in [0, 0.1) is 11.2 Å². The quantitative estimate of drug-likeness (QED) is 0.889. The molecule has 0 bridgehead atoms. The minimum Gasteiger partial charge on any atom is -0.481 e. The normalized spacial score (nSPS) is 17.5. The van der Waals surface area contributed by atoms with Gasteiger partial charge in [0.05, 0.1) is 11.0 Å². The lowest BCUT2D eigenvalue weighted by atomic mass is 9.76. The Labute approximate surface area is 122 Å². The first-order chi connectivity index (χ1) is 9.89. The summed E-state index contributed by atoms with van der Waals surface area (Å²) >= 11 is 0. The van der Waals surface area contributed by atoms with Crippen molar-refractivity contribution in [3.8, 4) is 0 Å². The standard InChI is InChI=1S/C15H19FN2O3/c1-2-15(14(20)21)5-7-18(8-6-15)12-4-3-10(16)9-11(12)13(17)19/h3-4,9H,2,5-8H2,1H3,(H2,17,19)(H,20,21). The van der Waals surface area contributed by atoms with Crippen molar-refractivity contribution in [1.82, 2.24) is 0 Å². The number of primary amides is 1. The third-order valence-corrected chi connectivity index (χ3v) is 4.42. The third kappa shape index (κ3) is 2.84. The molecule has 1 heterocycles. The van der Waals surface area contributed by atoms with Crippen molar-refractivity contribution in [3.63, 3.8) is 0 Å². The number of carboxylic acids is 1. The molecule has 2 rings (SSSR count). The Morgan fingerprint density at radius 2 is 2.00 bits per heavy atom. The first kappa shape index (κ1) is 15.3. The smallest absolute Gasteiger partial charge is 0.309 e. The maximum absolute atomic E-state index is 13.3. The van der Waals surface area contributed by atoms with Crippen LogP contribution in [0.1, 0.15) is 36.5 Å². The lowest BCUT2D eigenvalue weighted by molar-refractivity contribution is -0.150. The summed E-state index contributed by atoms with van der Waals surface area (Å²) in [5.74, 6) is -1.98. The van der Waals surface area contributed by atoms with Gasteiger partial charge < -0.3 is 15.7 Å². The Morgan fingerprint density at radius 1 is 1.38 bits per heavy atom. The van der Waals surface area contributed by atoms with E-state index in [4.69, 9.17) is 5.73 Å². The zero-order valence-corrected chi connectivity index (χ0v) is 11.9. The monoisotopic (exact) mass is 294 g/mol. The molecule has 0 aliphatic carbocycles. The number of benzene rings is 1. The molecule has 21 heavy (non-hydrogen) atoms. The molecular formula is C15H19FN2O3. The van der Waals surface area contributed by atoms with E-state index in [0.717, 1.165) is 6.07 Å². The van der Waals surface area contributed by atoms with Crippen molar-refractivity contribution in [2.75, 3.05) is 18.0 Å². The number of rotatable bonds is 4. The number of hydrogen-bond acceptors (Lipinski definition) is 3. The Hall–Kier alpha value is -2.11. The van der Waals surface area contributed by atoms with Crippen LogP contribution in [0.2, 0.25) is 0 Å². The Balaban J connectivity index is 2.23. The number of halogens is 1. The van der Waals surface area contributed by atoms with Crippen LogP contribution in [0.4, 0.5) is 10.1 Å². The molecule has 1 aromatic carbocycles. The number of piperidine rings is 1. The summed E-state index contributed by atoms with van der Waals surface area (Å²) in [5.41, 5.74) is 5.29. The summed E-state index contributed by atoms with van der Waals surface area (Å²) < 4.78 is 13.3. The predicted octanol–water partition coefficient (Wildman–Crippen LogP) is 2.01. The molecule has 0 radical (unpaired) electrons. The highest BCUT2D eigenvalue weighted by Crippen LogP contribution is 2.37. The van der Waals surface area contributed by atoms with Crippen LogP contribution in [-0.4, -0.2) is 30.1 Å². The van der Waals surface area contributed by atoms with E-state index in [1.54, 1.807) is 0 Å². The highest BCUT2D eigenvalue weighted by Gasteiger charge is 2.40. The summed E-state index contributed by atoms with van der Waals surface area (Å²) in [6, 6.07) is 3.92. The van der Waals surface area contributed by atoms with Gasteiger partial charge in [0, 0.05) is 18.8 Å². The molecule has 0 aromatic heterocycles. The van der Waals surface area contributed by atoms with Gasteiger partial charge in [-0.15, -0.1) is 0 Å². The van der Waals surface area contributed by atoms with Crippen molar-refractivity contribution >= 4 is 17.6 Å². The number of hydrogen-bond donors (Lipinski definition) is 2. The topological polar surface area (TPSA) is 83.6 Å². The second-order valence-corrected chi connectivity index (χ2v) is 5.45. The number of aliphatic carboxylic acids is 1. The third-order valence-electron chi connectivity index (χ3n) is 4.42. The van der Waals surface area contributed by atoms with Gasteiger partial charge in [0.25, 0.3) is 5.91 Å². The first-order valence-electron chi connectivity index (χ1n) is 6.97. The van der Waals surface area contributed by atoms with Gasteiger partial charge in [0.1, 0.15) is 5.82 Å². The zero-order valence-electron chi connectivity index (χ0n) is 11.9. The average Bonchev–Trinajstić information content (AvgIpc) is 2.47. The van der Waals surface area contributed by atoms with E-state index in [1.165, 1.54) is 12.1 Å². The predicted molar refractivity (Wildman–Crippen MR) is 76.7 cm³/mol. The van der Waals surface area contributed by atoms with Gasteiger partial charge in [-0.05, 0) is 37.5 Å². The van der Waals surface area contributed by atoms with E-state index in [-0.39, 0.29) is 5.56 Å². The molecule has 3 N–H and O–H groups in total. The highest BCUT2D eigenvalue weighted by atomic mass is 19.1. The fourth-order valence-corrected chi connectivity index (χ4v) is 2.88. The van der Waals surface area contributed by atoms with Crippen LogP contribution in [0.3, 0.4) is 0 Å². The van der Waals surface area contributed by atoms with E-state index in [1.807, 2.05) is 11.8 Å². The SMILES string of the molecule is CCC1(C(=O)O)CCN(c2ccc(F)cc2C(N)=O)CC1. The highest BCUT2D eigenvalue weighted by molar-refractivity contribution is 5.98. The summed E-state index contributed by atoms with van der Waals surface area (Å²) in [5, 5.41) is 9.38. The molecule has 5 nitrogen and oxygen atoms in total. The molecule has 6 heteroatoms. The van der Waals surface area contributed by atoms with Crippen LogP contribution >= 0.6 is 0 Å². The molecule has 114 valence electrons.